The zero-order valence-electron chi connectivity index (χ0n) is 10.4. The summed E-state index contributed by atoms with van der Waals surface area (Å²) in [6.07, 6.45) is -0.453. The van der Waals surface area contributed by atoms with Gasteiger partial charge in [0.15, 0.2) is 0 Å². The molecule has 0 fully saturated rings. The van der Waals surface area contributed by atoms with Crippen LogP contribution in [-0.2, 0) is 9.47 Å². The van der Waals surface area contributed by atoms with Crippen LogP contribution < -0.4 is 5.32 Å². The van der Waals surface area contributed by atoms with Crippen molar-refractivity contribution in [1.29, 1.82) is 0 Å². The lowest BCUT2D eigenvalue weighted by Crippen LogP contribution is -2.42. The van der Waals surface area contributed by atoms with Gasteiger partial charge in [-0.25, -0.2) is 0 Å². The van der Waals surface area contributed by atoms with Crippen molar-refractivity contribution in [2.75, 3.05) is 33.0 Å². The number of aliphatic hydroxyl groups excluding tert-OH is 1. The molecule has 0 amide bonds. The van der Waals surface area contributed by atoms with Crippen molar-refractivity contribution in [3.05, 3.63) is 0 Å². The first kappa shape index (κ1) is 14.8. The van der Waals surface area contributed by atoms with Crippen LogP contribution in [0.1, 0.15) is 27.7 Å². The van der Waals surface area contributed by atoms with E-state index in [1.807, 2.05) is 6.92 Å². The summed E-state index contributed by atoms with van der Waals surface area (Å²) in [5.74, 6) is 0. The van der Waals surface area contributed by atoms with Crippen molar-refractivity contribution in [3.8, 4) is 0 Å². The van der Waals surface area contributed by atoms with Crippen LogP contribution in [0.5, 0.6) is 0 Å². The molecule has 0 aromatic carbocycles. The smallest absolute Gasteiger partial charge is 0.0897 e. The molecule has 1 atom stereocenters. The summed E-state index contributed by atoms with van der Waals surface area (Å²) in [6.45, 7) is 10.9. The predicted octanol–water partition coefficient (Wildman–Crippen LogP) is 0.788. The van der Waals surface area contributed by atoms with E-state index in [0.717, 1.165) is 0 Å². The van der Waals surface area contributed by atoms with E-state index in [2.05, 4.69) is 26.1 Å². The lowest BCUT2D eigenvalue weighted by Gasteiger charge is -2.22. The van der Waals surface area contributed by atoms with Gasteiger partial charge in [0.1, 0.15) is 0 Å². The molecule has 0 aromatic rings. The molecule has 0 spiro atoms. The third-order valence-corrected chi connectivity index (χ3v) is 1.75. The number of aliphatic hydroxyl groups is 1. The summed E-state index contributed by atoms with van der Waals surface area (Å²) in [6, 6.07) is 0. The van der Waals surface area contributed by atoms with Crippen LogP contribution in [0, 0.1) is 0 Å². The average Bonchev–Trinajstić information content (AvgIpc) is 2.13. The first-order valence-electron chi connectivity index (χ1n) is 5.54. The maximum absolute atomic E-state index is 9.54. The highest BCUT2D eigenvalue weighted by Crippen LogP contribution is 1.98. The Bertz CT molecular complexity index is 145. The van der Waals surface area contributed by atoms with E-state index in [1.54, 1.807) is 0 Å². The average molecular weight is 219 g/mol. The minimum Gasteiger partial charge on any atom is -0.389 e. The summed E-state index contributed by atoms with van der Waals surface area (Å²) >= 11 is 0. The van der Waals surface area contributed by atoms with Gasteiger partial charge >= 0.3 is 0 Å². The second kappa shape index (κ2) is 8.05. The molecule has 0 saturated heterocycles. The van der Waals surface area contributed by atoms with E-state index < -0.39 is 6.10 Å². The van der Waals surface area contributed by atoms with Crippen LogP contribution in [0.25, 0.3) is 0 Å². The molecule has 4 nitrogen and oxygen atoms in total. The van der Waals surface area contributed by atoms with Crippen LogP contribution in [0.3, 0.4) is 0 Å². The Morgan fingerprint density at radius 2 is 1.80 bits per heavy atom. The summed E-state index contributed by atoms with van der Waals surface area (Å²) in [4.78, 5) is 0. The number of rotatable bonds is 8. The molecular formula is C11H25NO3. The van der Waals surface area contributed by atoms with E-state index in [0.29, 0.717) is 33.0 Å². The molecule has 15 heavy (non-hydrogen) atoms. The minimum absolute atomic E-state index is 0.0340. The van der Waals surface area contributed by atoms with Gasteiger partial charge in [-0.2, -0.15) is 0 Å². The highest BCUT2D eigenvalue weighted by atomic mass is 16.5. The molecular weight excluding hydrogens is 194 g/mol. The van der Waals surface area contributed by atoms with Crippen molar-refractivity contribution in [2.24, 2.45) is 0 Å². The number of ether oxygens (including phenoxy) is 2. The number of nitrogens with one attached hydrogen (secondary N) is 1. The standard InChI is InChI=1S/C11H25NO3/c1-5-14-6-7-15-9-10(13)8-12-11(2,3)4/h10,12-13H,5-9H2,1-4H3. The molecule has 0 rings (SSSR count). The van der Waals surface area contributed by atoms with Gasteiger partial charge in [0.2, 0.25) is 0 Å². The predicted molar refractivity (Wildman–Crippen MR) is 61.1 cm³/mol. The van der Waals surface area contributed by atoms with Gasteiger partial charge in [0.25, 0.3) is 0 Å². The molecule has 4 heteroatoms. The molecule has 0 radical (unpaired) electrons. The van der Waals surface area contributed by atoms with E-state index in [-0.39, 0.29) is 5.54 Å². The first-order valence-corrected chi connectivity index (χ1v) is 5.54. The fourth-order valence-electron chi connectivity index (χ4n) is 0.964. The Balaban J connectivity index is 3.30. The molecule has 0 aliphatic carbocycles. The number of hydrogen-bond donors (Lipinski definition) is 2. The number of β-amino-alcohol motifs (C(OH)–C–C–N with tert-alkyl or cyclic N) is 1. The molecule has 0 heterocycles. The fourth-order valence-corrected chi connectivity index (χ4v) is 0.964. The van der Waals surface area contributed by atoms with E-state index in [9.17, 15) is 5.11 Å². The molecule has 0 bridgehead atoms. The molecule has 0 aromatic heterocycles. The first-order chi connectivity index (χ1) is 6.95. The van der Waals surface area contributed by atoms with Crippen molar-refractivity contribution in [3.63, 3.8) is 0 Å². The van der Waals surface area contributed by atoms with Gasteiger partial charge < -0.3 is 19.9 Å². The lowest BCUT2D eigenvalue weighted by molar-refractivity contribution is 0.00485. The lowest BCUT2D eigenvalue weighted by atomic mass is 10.1. The molecule has 1 unspecified atom stereocenters. The molecule has 0 aliphatic rings. The molecule has 92 valence electrons. The van der Waals surface area contributed by atoms with Crippen molar-refractivity contribution >= 4 is 0 Å². The number of hydrogen-bond acceptors (Lipinski definition) is 4. The van der Waals surface area contributed by atoms with Crippen LogP contribution in [-0.4, -0.2) is 49.7 Å². The van der Waals surface area contributed by atoms with Gasteiger partial charge in [0, 0.05) is 18.7 Å². The molecule has 0 saturated carbocycles. The normalized spacial score (nSPS) is 14.2. The maximum Gasteiger partial charge on any atom is 0.0897 e. The third kappa shape index (κ3) is 11.8. The van der Waals surface area contributed by atoms with E-state index >= 15 is 0 Å². The Morgan fingerprint density at radius 3 is 2.33 bits per heavy atom. The largest absolute Gasteiger partial charge is 0.389 e. The highest BCUT2D eigenvalue weighted by molar-refractivity contribution is 4.72. The monoisotopic (exact) mass is 219 g/mol. The van der Waals surface area contributed by atoms with Gasteiger partial charge in [-0.05, 0) is 27.7 Å². The van der Waals surface area contributed by atoms with Crippen molar-refractivity contribution < 1.29 is 14.6 Å². The maximum atomic E-state index is 9.54. The van der Waals surface area contributed by atoms with Crippen LogP contribution in [0.2, 0.25) is 0 Å². The summed E-state index contributed by atoms with van der Waals surface area (Å²) in [5.41, 5.74) is 0.0340. The van der Waals surface area contributed by atoms with Gasteiger partial charge in [-0.15, -0.1) is 0 Å². The Kier molecular flexibility index (Phi) is 7.96. The zero-order valence-corrected chi connectivity index (χ0v) is 10.4. The SMILES string of the molecule is CCOCCOCC(O)CNC(C)(C)C. The van der Waals surface area contributed by atoms with Crippen LogP contribution >= 0.6 is 0 Å². The van der Waals surface area contributed by atoms with Crippen LogP contribution in [0.15, 0.2) is 0 Å². The van der Waals surface area contributed by atoms with Crippen molar-refractivity contribution in [1.82, 2.24) is 5.32 Å². The van der Waals surface area contributed by atoms with E-state index in [4.69, 9.17) is 9.47 Å². The summed E-state index contributed by atoms with van der Waals surface area (Å²) < 4.78 is 10.4. The summed E-state index contributed by atoms with van der Waals surface area (Å²) in [5, 5.41) is 12.8. The quantitative estimate of drug-likeness (QED) is 0.593. The summed E-state index contributed by atoms with van der Waals surface area (Å²) in [7, 11) is 0. The van der Waals surface area contributed by atoms with Crippen molar-refractivity contribution in [2.45, 2.75) is 39.3 Å². The topological polar surface area (TPSA) is 50.7 Å². The van der Waals surface area contributed by atoms with E-state index in [1.165, 1.54) is 0 Å². The Morgan fingerprint density at radius 1 is 1.20 bits per heavy atom. The Labute approximate surface area is 93.0 Å². The van der Waals surface area contributed by atoms with Gasteiger partial charge in [-0.3, -0.25) is 0 Å². The minimum atomic E-state index is -0.453. The Hall–Kier alpha value is -0.160. The highest BCUT2D eigenvalue weighted by Gasteiger charge is 2.11. The molecule has 2 N–H and O–H groups in total. The van der Waals surface area contributed by atoms with Gasteiger partial charge in [0.05, 0.1) is 25.9 Å². The van der Waals surface area contributed by atoms with Crippen LogP contribution in [0.4, 0.5) is 0 Å². The molecule has 0 aliphatic heterocycles. The second-order valence-corrected chi connectivity index (χ2v) is 4.56. The third-order valence-electron chi connectivity index (χ3n) is 1.75. The van der Waals surface area contributed by atoms with Gasteiger partial charge in [-0.1, -0.05) is 0 Å². The second-order valence-electron chi connectivity index (χ2n) is 4.56. The fraction of sp³-hybridized carbons (Fsp3) is 1.00. The zero-order chi connectivity index (χ0) is 11.7.